The van der Waals surface area contributed by atoms with Gasteiger partial charge in [-0.3, -0.25) is 0 Å². The first-order valence-electron chi connectivity index (χ1n) is 4.02. The summed E-state index contributed by atoms with van der Waals surface area (Å²) in [5.74, 6) is 0.384. The monoisotopic (exact) mass is 179 g/mol. The number of nitrogens with one attached hydrogen (secondary N) is 1. The number of benzene rings is 1. The third-order valence-corrected chi connectivity index (χ3v) is 2.09. The van der Waals surface area contributed by atoms with Gasteiger partial charge in [0.25, 0.3) is 0 Å². The lowest BCUT2D eigenvalue weighted by Crippen LogP contribution is -1.97. The van der Waals surface area contributed by atoms with Crippen molar-refractivity contribution in [3.05, 3.63) is 24.0 Å². The molecule has 2 aromatic rings. The summed E-state index contributed by atoms with van der Waals surface area (Å²) in [6.07, 6.45) is 0. The van der Waals surface area contributed by atoms with Gasteiger partial charge in [-0.15, -0.1) is 0 Å². The number of fused-ring (bicyclic) bond motifs is 1. The van der Waals surface area contributed by atoms with Crippen LogP contribution < -0.4 is 5.32 Å². The number of nitrogens with zero attached hydrogens (tertiary/aromatic N) is 2. The Morgan fingerprint density at radius 2 is 2.23 bits per heavy atom. The molecule has 1 aromatic carbocycles. The van der Waals surface area contributed by atoms with Crippen LogP contribution in [0.5, 0.6) is 0 Å². The standard InChI is InChI=1S/C9H10FN3/c1-11-9-12-8-6(10)4-3-5-7(8)13(9)2/h3-5H,1-2H3,(H,11,12). The third kappa shape index (κ3) is 1.06. The molecule has 2 rings (SSSR count). The molecule has 13 heavy (non-hydrogen) atoms. The molecule has 3 nitrogen and oxygen atoms in total. The van der Waals surface area contributed by atoms with Crippen LogP contribution in [0, 0.1) is 5.82 Å². The quantitative estimate of drug-likeness (QED) is 0.722. The topological polar surface area (TPSA) is 29.9 Å². The van der Waals surface area contributed by atoms with Crippen molar-refractivity contribution < 1.29 is 4.39 Å². The van der Waals surface area contributed by atoms with Gasteiger partial charge < -0.3 is 9.88 Å². The highest BCUT2D eigenvalue weighted by molar-refractivity contribution is 5.79. The maximum Gasteiger partial charge on any atom is 0.203 e. The zero-order valence-corrected chi connectivity index (χ0v) is 7.50. The van der Waals surface area contributed by atoms with Crippen LogP contribution in [0.25, 0.3) is 11.0 Å². The highest BCUT2D eigenvalue weighted by Gasteiger charge is 2.08. The molecule has 1 N–H and O–H groups in total. The Balaban J connectivity index is 2.83. The van der Waals surface area contributed by atoms with Gasteiger partial charge in [-0.1, -0.05) is 6.07 Å². The van der Waals surface area contributed by atoms with Crippen LogP contribution in [0.2, 0.25) is 0 Å². The zero-order chi connectivity index (χ0) is 9.42. The Bertz CT molecular complexity index is 447. The molecule has 0 saturated carbocycles. The van der Waals surface area contributed by atoms with Crippen molar-refractivity contribution in [2.45, 2.75) is 0 Å². The molecule has 0 atom stereocenters. The fourth-order valence-electron chi connectivity index (χ4n) is 1.40. The number of aryl methyl sites for hydroxylation is 1. The van der Waals surface area contributed by atoms with Crippen LogP contribution >= 0.6 is 0 Å². The number of imidazole rings is 1. The van der Waals surface area contributed by atoms with Crippen molar-refractivity contribution in [1.82, 2.24) is 9.55 Å². The summed E-state index contributed by atoms with van der Waals surface area (Å²) in [7, 11) is 3.61. The second-order valence-electron chi connectivity index (χ2n) is 2.85. The second kappa shape index (κ2) is 2.73. The van der Waals surface area contributed by atoms with E-state index in [-0.39, 0.29) is 5.82 Å². The molecule has 0 spiro atoms. The van der Waals surface area contributed by atoms with Crippen LogP contribution in [0.15, 0.2) is 18.2 Å². The number of anilines is 1. The van der Waals surface area contributed by atoms with Gasteiger partial charge in [-0.05, 0) is 12.1 Å². The Hall–Kier alpha value is -1.58. The van der Waals surface area contributed by atoms with Crippen molar-refractivity contribution in [2.75, 3.05) is 12.4 Å². The lowest BCUT2D eigenvalue weighted by molar-refractivity contribution is 0.637. The fraction of sp³-hybridized carbons (Fsp3) is 0.222. The van der Waals surface area contributed by atoms with E-state index in [9.17, 15) is 4.39 Å². The van der Waals surface area contributed by atoms with Crippen molar-refractivity contribution in [2.24, 2.45) is 7.05 Å². The van der Waals surface area contributed by atoms with E-state index in [1.54, 1.807) is 13.1 Å². The number of rotatable bonds is 1. The normalized spacial score (nSPS) is 10.7. The lowest BCUT2D eigenvalue weighted by atomic mass is 10.3. The minimum absolute atomic E-state index is 0.283. The Labute approximate surface area is 75.2 Å². The minimum atomic E-state index is -0.283. The predicted octanol–water partition coefficient (Wildman–Crippen LogP) is 1.75. The molecule has 0 unspecified atom stereocenters. The number of hydrogen-bond acceptors (Lipinski definition) is 2. The fourth-order valence-corrected chi connectivity index (χ4v) is 1.40. The number of para-hydroxylation sites is 1. The van der Waals surface area contributed by atoms with Crippen LogP contribution in [0.3, 0.4) is 0 Å². The van der Waals surface area contributed by atoms with E-state index in [1.807, 2.05) is 17.7 Å². The van der Waals surface area contributed by atoms with Gasteiger partial charge in [-0.2, -0.15) is 0 Å². The molecule has 1 aromatic heterocycles. The smallest absolute Gasteiger partial charge is 0.203 e. The van der Waals surface area contributed by atoms with Gasteiger partial charge in [0.05, 0.1) is 5.52 Å². The van der Waals surface area contributed by atoms with Crippen molar-refractivity contribution in [1.29, 1.82) is 0 Å². The van der Waals surface area contributed by atoms with Gasteiger partial charge in [0.1, 0.15) is 5.52 Å². The van der Waals surface area contributed by atoms with Gasteiger partial charge in [0, 0.05) is 14.1 Å². The summed E-state index contributed by atoms with van der Waals surface area (Å²) in [6.45, 7) is 0. The molecule has 0 bridgehead atoms. The first-order valence-corrected chi connectivity index (χ1v) is 4.02. The molecule has 0 aliphatic rings. The maximum absolute atomic E-state index is 13.2. The summed E-state index contributed by atoms with van der Waals surface area (Å²) in [6, 6.07) is 4.93. The van der Waals surface area contributed by atoms with E-state index in [0.717, 1.165) is 5.52 Å². The van der Waals surface area contributed by atoms with Crippen molar-refractivity contribution in [3.63, 3.8) is 0 Å². The molecule has 4 heteroatoms. The molecule has 0 fully saturated rings. The molecule has 0 saturated heterocycles. The molecule has 1 heterocycles. The van der Waals surface area contributed by atoms with E-state index in [4.69, 9.17) is 0 Å². The Morgan fingerprint density at radius 3 is 2.85 bits per heavy atom. The molecular weight excluding hydrogens is 169 g/mol. The summed E-state index contributed by atoms with van der Waals surface area (Å²) in [5, 5.41) is 2.90. The van der Waals surface area contributed by atoms with Crippen LogP contribution in [-0.4, -0.2) is 16.6 Å². The van der Waals surface area contributed by atoms with E-state index in [1.165, 1.54) is 6.07 Å². The Morgan fingerprint density at radius 1 is 1.46 bits per heavy atom. The third-order valence-electron chi connectivity index (χ3n) is 2.09. The molecular formula is C9H10FN3. The molecule has 68 valence electrons. The van der Waals surface area contributed by atoms with E-state index in [2.05, 4.69) is 10.3 Å². The lowest BCUT2D eigenvalue weighted by Gasteiger charge is -1.98. The largest absolute Gasteiger partial charge is 0.359 e. The predicted molar refractivity (Wildman–Crippen MR) is 50.2 cm³/mol. The number of aromatic nitrogens is 2. The van der Waals surface area contributed by atoms with E-state index >= 15 is 0 Å². The Kier molecular flexibility index (Phi) is 1.69. The first kappa shape index (κ1) is 8.04. The summed E-state index contributed by atoms with van der Waals surface area (Å²) in [4.78, 5) is 4.11. The minimum Gasteiger partial charge on any atom is -0.359 e. The van der Waals surface area contributed by atoms with Gasteiger partial charge in [0.15, 0.2) is 5.82 Å². The summed E-state index contributed by atoms with van der Waals surface area (Å²) in [5.41, 5.74) is 1.21. The van der Waals surface area contributed by atoms with Gasteiger partial charge in [-0.25, -0.2) is 9.37 Å². The molecule has 0 amide bonds. The van der Waals surface area contributed by atoms with Crippen molar-refractivity contribution in [3.8, 4) is 0 Å². The molecule has 0 aliphatic heterocycles. The van der Waals surface area contributed by atoms with E-state index < -0.39 is 0 Å². The average molecular weight is 179 g/mol. The van der Waals surface area contributed by atoms with Crippen LogP contribution in [0.4, 0.5) is 10.3 Å². The average Bonchev–Trinajstić information content (AvgIpc) is 2.45. The van der Waals surface area contributed by atoms with Gasteiger partial charge >= 0.3 is 0 Å². The van der Waals surface area contributed by atoms with Gasteiger partial charge in [0.2, 0.25) is 5.95 Å². The van der Waals surface area contributed by atoms with Crippen LogP contribution in [0.1, 0.15) is 0 Å². The molecule has 0 radical (unpaired) electrons. The number of halogens is 1. The summed E-state index contributed by atoms with van der Waals surface area (Å²) < 4.78 is 15.0. The SMILES string of the molecule is CNc1nc2c(F)cccc2n1C. The first-order chi connectivity index (χ1) is 6.24. The van der Waals surface area contributed by atoms with Crippen LogP contribution in [-0.2, 0) is 7.05 Å². The van der Waals surface area contributed by atoms with Crippen molar-refractivity contribution >= 4 is 17.0 Å². The highest BCUT2D eigenvalue weighted by Crippen LogP contribution is 2.19. The highest BCUT2D eigenvalue weighted by atomic mass is 19.1. The molecule has 0 aliphatic carbocycles. The van der Waals surface area contributed by atoms with E-state index in [0.29, 0.717) is 11.5 Å². The zero-order valence-electron chi connectivity index (χ0n) is 7.50. The maximum atomic E-state index is 13.2. The number of hydrogen-bond donors (Lipinski definition) is 1. The summed E-state index contributed by atoms with van der Waals surface area (Å²) >= 11 is 0. The second-order valence-corrected chi connectivity index (χ2v) is 2.85.